The van der Waals surface area contributed by atoms with E-state index in [0.717, 1.165) is 35.9 Å². The molecule has 1 aliphatic heterocycles. The average molecular weight is 348 g/mol. The lowest BCUT2D eigenvalue weighted by atomic mass is 10.2. The number of para-hydroxylation sites is 2. The minimum absolute atomic E-state index is 0.270. The van der Waals surface area contributed by atoms with Gasteiger partial charge in [0.2, 0.25) is 5.95 Å². The number of benzene rings is 1. The van der Waals surface area contributed by atoms with Crippen molar-refractivity contribution < 1.29 is 4.79 Å². The summed E-state index contributed by atoms with van der Waals surface area (Å²) < 4.78 is 0. The Morgan fingerprint density at radius 2 is 1.65 bits per heavy atom. The average Bonchev–Trinajstić information content (AvgIpc) is 3.18. The van der Waals surface area contributed by atoms with Crippen LogP contribution in [0.3, 0.4) is 0 Å². The maximum atomic E-state index is 12.6. The minimum atomic E-state index is -0.313. The molecule has 0 atom stereocenters. The zero-order chi connectivity index (χ0) is 18.1. The summed E-state index contributed by atoms with van der Waals surface area (Å²) in [5.74, 6) is 0.424. The molecule has 1 N–H and O–H groups in total. The first-order valence-electron chi connectivity index (χ1n) is 8.75. The molecule has 1 aromatic carbocycles. The van der Waals surface area contributed by atoms with E-state index in [9.17, 15) is 4.79 Å². The standard InChI is InChI=1S/C19H20N6O/c1-12-17(13(2)22-19(21-12)25-9-5-6-10-25)24-18(26)16-11-20-14-7-3-4-8-15(14)23-16/h3-4,7-8,11H,5-6,9-10H2,1-2H3,(H,24,26). The summed E-state index contributed by atoms with van der Waals surface area (Å²) >= 11 is 0. The van der Waals surface area contributed by atoms with Gasteiger partial charge >= 0.3 is 0 Å². The van der Waals surface area contributed by atoms with Crippen molar-refractivity contribution in [3.05, 3.63) is 47.5 Å². The molecule has 7 heteroatoms. The maximum absolute atomic E-state index is 12.6. The number of fused-ring (bicyclic) bond motifs is 1. The SMILES string of the molecule is Cc1nc(N2CCCC2)nc(C)c1NC(=O)c1cnc2ccccc2n1. The second-order valence-electron chi connectivity index (χ2n) is 6.46. The zero-order valence-electron chi connectivity index (χ0n) is 14.9. The second kappa shape index (κ2) is 6.67. The summed E-state index contributed by atoms with van der Waals surface area (Å²) in [7, 11) is 0. The molecular weight excluding hydrogens is 328 g/mol. The lowest BCUT2D eigenvalue weighted by Gasteiger charge is -2.18. The van der Waals surface area contributed by atoms with Gasteiger partial charge in [0.1, 0.15) is 5.69 Å². The number of rotatable bonds is 3. The van der Waals surface area contributed by atoms with E-state index in [-0.39, 0.29) is 11.6 Å². The van der Waals surface area contributed by atoms with Gasteiger partial charge in [0.15, 0.2) is 0 Å². The monoisotopic (exact) mass is 348 g/mol. The molecule has 4 rings (SSSR count). The van der Waals surface area contributed by atoms with E-state index in [4.69, 9.17) is 0 Å². The van der Waals surface area contributed by atoms with Crippen LogP contribution >= 0.6 is 0 Å². The molecule has 0 radical (unpaired) electrons. The molecular formula is C19H20N6O. The zero-order valence-corrected chi connectivity index (χ0v) is 14.9. The molecule has 3 aromatic rings. The highest BCUT2D eigenvalue weighted by Crippen LogP contribution is 2.23. The van der Waals surface area contributed by atoms with Gasteiger partial charge in [-0.05, 0) is 38.8 Å². The normalized spacial score (nSPS) is 14.0. The Labute approximate surface area is 151 Å². The Bertz CT molecular complexity index is 958. The van der Waals surface area contributed by atoms with Gasteiger partial charge in [-0.3, -0.25) is 9.78 Å². The second-order valence-corrected chi connectivity index (χ2v) is 6.46. The van der Waals surface area contributed by atoms with Crippen LogP contribution in [0.15, 0.2) is 30.5 Å². The quantitative estimate of drug-likeness (QED) is 0.783. The van der Waals surface area contributed by atoms with Crippen LogP contribution in [0, 0.1) is 13.8 Å². The predicted molar refractivity (Wildman–Crippen MR) is 100 cm³/mol. The summed E-state index contributed by atoms with van der Waals surface area (Å²) in [6.07, 6.45) is 3.82. The Balaban J connectivity index is 1.60. The van der Waals surface area contributed by atoms with E-state index in [1.807, 2.05) is 38.1 Å². The van der Waals surface area contributed by atoms with E-state index in [1.165, 1.54) is 19.0 Å². The highest BCUT2D eigenvalue weighted by Gasteiger charge is 2.19. The van der Waals surface area contributed by atoms with Crippen LogP contribution in [0.1, 0.15) is 34.7 Å². The minimum Gasteiger partial charge on any atom is -0.341 e. The molecule has 3 heterocycles. The fourth-order valence-electron chi connectivity index (χ4n) is 3.18. The summed E-state index contributed by atoms with van der Waals surface area (Å²) in [5, 5.41) is 2.89. The third kappa shape index (κ3) is 3.08. The Hall–Kier alpha value is -3.09. The molecule has 0 unspecified atom stereocenters. The number of hydrogen-bond donors (Lipinski definition) is 1. The first-order chi connectivity index (χ1) is 12.6. The van der Waals surface area contributed by atoms with Crippen LogP contribution in [-0.4, -0.2) is 38.9 Å². The Morgan fingerprint density at radius 3 is 2.35 bits per heavy atom. The summed E-state index contributed by atoms with van der Waals surface area (Å²) in [5.41, 5.74) is 3.85. The van der Waals surface area contributed by atoms with Gasteiger partial charge in [-0.25, -0.2) is 15.0 Å². The van der Waals surface area contributed by atoms with Crippen LogP contribution in [0.25, 0.3) is 11.0 Å². The fraction of sp³-hybridized carbons (Fsp3) is 0.316. The number of anilines is 2. The lowest BCUT2D eigenvalue weighted by Crippen LogP contribution is -2.23. The van der Waals surface area contributed by atoms with Crippen LogP contribution in [0.2, 0.25) is 0 Å². The number of aryl methyl sites for hydroxylation is 2. The molecule has 1 aliphatic rings. The molecule has 1 saturated heterocycles. The lowest BCUT2D eigenvalue weighted by molar-refractivity contribution is 0.102. The molecule has 1 fully saturated rings. The molecule has 0 saturated carbocycles. The van der Waals surface area contributed by atoms with Crippen LogP contribution < -0.4 is 10.2 Å². The largest absolute Gasteiger partial charge is 0.341 e. The molecule has 132 valence electrons. The van der Waals surface area contributed by atoms with Crippen molar-refractivity contribution in [2.24, 2.45) is 0 Å². The number of carbonyl (C=O) groups excluding carboxylic acids is 1. The van der Waals surface area contributed by atoms with E-state index >= 15 is 0 Å². The van der Waals surface area contributed by atoms with Gasteiger partial charge < -0.3 is 10.2 Å². The number of nitrogens with zero attached hydrogens (tertiary/aromatic N) is 5. The van der Waals surface area contributed by atoms with Crippen molar-refractivity contribution in [1.82, 2.24) is 19.9 Å². The van der Waals surface area contributed by atoms with Gasteiger partial charge in [0.05, 0.1) is 34.3 Å². The number of amides is 1. The first-order valence-corrected chi connectivity index (χ1v) is 8.75. The van der Waals surface area contributed by atoms with Gasteiger partial charge in [-0.2, -0.15) is 0 Å². The van der Waals surface area contributed by atoms with Gasteiger partial charge in [0, 0.05) is 13.1 Å². The third-order valence-electron chi connectivity index (χ3n) is 4.57. The van der Waals surface area contributed by atoms with Crippen LogP contribution in [0.4, 0.5) is 11.6 Å². The highest BCUT2D eigenvalue weighted by molar-refractivity contribution is 6.04. The van der Waals surface area contributed by atoms with Gasteiger partial charge in [-0.1, -0.05) is 12.1 Å². The van der Waals surface area contributed by atoms with Crippen molar-refractivity contribution in [1.29, 1.82) is 0 Å². The molecule has 1 amide bonds. The number of carbonyl (C=O) groups is 1. The van der Waals surface area contributed by atoms with Crippen molar-refractivity contribution in [2.45, 2.75) is 26.7 Å². The van der Waals surface area contributed by atoms with Gasteiger partial charge in [0.25, 0.3) is 5.91 Å². The molecule has 0 spiro atoms. The van der Waals surface area contributed by atoms with Gasteiger partial charge in [-0.15, -0.1) is 0 Å². The first kappa shape index (κ1) is 16.4. The Morgan fingerprint density at radius 1 is 1.00 bits per heavy atom. The van der Waals surface area contributed by atoms with E-state index in [2.05, 4.69) is 30.2 Å². The van der Waals surface area contributed by atoms with Crippen LogP contribution in [-0.2, 0) is 0 Å². The van der Waals surface area contributed by atoms with E-state index in [0.29, 0.717) is 11.2 Å². The smallest absolute Gasteiger partial charge is 0.275 e. The molecule has 26 heavy (non-hydrogen) atoms. The third-order valence-corrected chi connectivity index (χ3v) is 4.57. The topological polar surface area (TPSA) is 83.9 Å². The van der Waals surface area contributed by atoms with Crippen molar-refractivity contribution in [2.75, 3.05) is 23.3 Å². The predicted octanol–water partition coefficient (Wildman–Crippen LogP) is 2.89. The van der Waals surface area contributed by atoms with Crippen LogP contribution in [0.5, 0.6) is 0 Å². The summed E-state index contributed by atoms with van der Waals surface area (Å²) in [4.78, 5) is 32.6. The fourth-order valence-corrected chi connectivity index (χ4v) is 3.18. The summed E-state index contributed by atoms with van der Waals surface area (Å²) in [6, 6.07) is 7.47. The maximum Gasteiger partial charge on any atom is 0.275 e. The number of aromatic nitrogens is 4. The molecule has 0 bridgehead atoms. The molecule has 2 aromatic heterocycles. The number of hydrogen-bond acceptors (Lipinski definition) is 6. The van der Waals surface area contributed by atoms with Crippen molar-refractivity contribution in [3.63, 3.8) is 0 Å². The number of nitrogens with one attached hydrogen (secondary N) is 1. The van der Waals surface area contributed by atoms with Crippen molar-refractivity contribution in [3.8, 4) is 0 Å². The molecule has 0 aliphatic carbocycles. The van der Waals surface area contributed by atoms with E-state index in [1.54, 1.807) is 0 Å². The Kier molecular flexibility index (Phi) is 4.20. The van der Waals surface area contributed by atoms with Crippen molar-refractivity contribution >= 4 is 28.6 Å². The van der Waals surface area contributed by atoms with E-state index < -0.39 is 0 Å². The summed E-state index contributed by atoms with van der Waals surface area (Å²) in [6.45, 7) is 5.74. The highest BCUT2D eigenvalue weighted by atomic mass is 16.1. The molecule has 7 nitrogen and oxygen atoms in total.